The summed E-state index contributed by atoms with van der Waals surface area (Å²) in [6.45, 7) is 4.33. The van der Waals surface area contributed by atoms with Gasteiger partial charge in [-0.05, 0) is 31.0 Å². The lowest BCUT2D eigenvalue weighted by Crippen LogP contribution is -2.21. The predicted molar refractivity (Wildman–Crippen MR) is 116 cm³/mol. The molecule has 0 aliphatic heterocycles. The van der Waals surface area contributed by atoms with Crippen molar-refractivity contribution in [2.75, 3.05) is 13.7 Å². The summed E-state index contributed by atoms with van der Waals surface area (Å²) >= 11 is 0. The number of phosphoric acid groups is 1. The van der Waals surface area contributed by atoms with Crippen LogP contribution < -0.4 is 10.1 Å². The van der Waals surface area contributed by atoms with Gasteiger partial charge in [-0.25, -0.2) is 9.36 Å². The molecule has 0 bridgehead atoms. The van der Waals surface area contributed by atoms with E-state index in [2.05, 4.69) is 16.8 Å². The number of ether oxygens (including phenoxy) is 1. The first-order valence-electron chi connectivity index (χ1n) is 10.4. The first kappa shape index (κ1) is 27.6. The lowest BCUT2D eigenvalue weighted by Gasteiger charge is -2.05. The van der Waals surface area contributed by atoms with Crippen LogP contribution in [0.15, 0.2) is 24.3 Å². The predicted octanol–water partition coefficient (Wildman–Crippen LogP) is 5.73. The second kappa shape index (κ2) is 17.5. The number of phosphoric ester groups is 1. The van der Waals surface area contributed by atoms with Crippen LogP contribution in [0.1, 0.15) is 76.7 Å². The molecular formula is C21H38NO6P. The number of carbonyl (C=O) groups is 1. The van der Waals surface area contributed by atoms with E-state index in [-0.39, 0.29) is 6.61 Å². The number of unbranched alkanes of at least 4 members (excludes halogenated alkanes) is 9. The highest BCUT2D eigenvalue weighted by molar-refractivity contribution is 7.46. The highest BCUT2D eigenvalue weighted by atomic mass is 31.2. The Labute approximate surface area is 175 Å². The molecule has 0 unspecified atom stereocenters. The second-order valence-corrected chi connectivity index (χ2v) is 8.20. The Morgan fingerprint density at radius 1 is 1.00 bits per heavy atom. The van der Waals surface area contributed by atoms with Crippen molar-refractivity contribution in [3.05, 3.63) is 29.8 Å². The number of hydrogen-bond acceptors (Lipinski definition) is 4. The van der Waals surface area contributed by atoms with Crippen LogP contribution in [-0.4, -0.2) is 29.5 Å². The minimum absolute atomic E-state index is 0.167. The molecule has 7 nitrogen and oxygen atoms in total. The number of nitrogens with one attached hydrogen (secondary N) is 1. The molecule has 0 atom stereocenters. The van der Waals surface area contributed by atoms with E-state index >= 15 is 0 Å². The molecule has 0 aromatic heterocycles. The summed E-state index contributed by atoms with van der Waals surface area (Å²) in [5.41, 5.74) is 1.07. The average molecular weight is 432 g/mol. The van der Waals surface area contributed by atoms with Gasteiger partial charge < -0.3 is 19.8 Å². The molecule has 0 spiro atoms. The van der Waals surface area contributed by atoms with Crippen molar-refractivity contribution in [1.29, 1.82) is 0 Å². The molecule has 8 heteroatoms. The molecule has 29 heavy (non-hydrogen) atoms. The molecule has 1 amide bonds. The SMILES string of the molecule is CCCCCCCCCCCCOP(=O)(O)O.CNC(=O)Oc1cccc(C)c1. The van der Waals surface area contributed by atoms with Gasteiger partial charge in [0.05, 0.1) is 6.61 Å². The highest BCUT2D eigenvalue weighted by Crippen LogP contribution is 2.35. The third kappa shape index (κ3) is 19.7. The van der Waals surface area contributed by atoms with Gasteiger partial charge in [0.2, 0.25) is 0 Å². The smallest absolute Gasteiger partial charge is 0.410 e. The van der Waals surface area contributed by atoms with Crippen molar-refractivity contribution in [2.24, 2.45) is 0 Å². The van der Waals surface area contributed by atoms with Crippen LogP contribution in [-0.2, 0) is 9.09 Å². The monoisotopic (exact) mass is 431 g/mol. The Morgan fingerprint density at radius 2 is 1.55 bits per heavy atom. The highest BCUT2D eigenvalue weighted by Gasteiger charge is 2.12. The molecule has 0 saturated heterocycles. The molecule has 0 aliphatic carbocycles. The largest absolute Gasteiger partial charge is 0.469 e. The van der Waals surface area contributed by atoms with Gasteiger partial charge in [-0.3, -0.25) is 4.52 Å². The first-order valence-corrected chi connectivity index (χ1v) is 12.0. The van der Waals surface area contributed by atoms with E-state index in [9.17, 15) is 9.36 Å². The summed E-state index contributed by atoms with van der Waals surface area (Å²) < 4.78 is 19.6. The molecule has 3 N–H and O–H groups in total. The van der Waals surface area contributed by atoms with Crippen LogP contribution in [0.4, 0.5) is 4.79 Å². The van der Waals surface area contributed by atoms with Crippen LogP contribution >= 0.6 is 7.82 Å². The molecule has 0 heterocycles. The van der Waals surface area contributed by atoms with Crippen molar-refractivity contribution >= 4 is 13.9 Å². The number of hydrogen-bond donors (Lipinski definition) is 3. The quantitative estimate of drug-likeness (QED) is 0.272. The maximum atomic E-state index is 10.8. The van der Waals surface area contributed by atoms with Crippen molar-refractivity contribution < 1.29 is 28.4 Å². The number of amides is 1. The minimum atomic E-state index is -4.24. The summed E-state index contributed by atoms with van der Waals surface area (Å²) in [6.07, 6.45) is 11.6. The molecule has 168 valence electrons. The van der Waals surface area contributed by atoms with E-state index < -0.39 is 13.9 Å². The Kier molecular flexibility index (Phi) is 16.6. The first-order chi connectivity index (χ1) is 13.8. The van der Waals surface area contributed by atoms with Crippen molar-refractivity contribution in [3.8, 4) is 5.75 Å². The maximum Gasteiger partial charge on any atom is 0.469 e. The lowest BCUT2D eigenvalue weighted by atomic mass is 10.1. The zero-order valence-corrected chi connectivity index (χ0v) is 19.0. The van der Waals surface area contributed by atoms with Gasteiger partial charge >= 0.3 is 13.9 Å². The summed E-state index contributed by atoms with van der Waals surface area (Å²) in [4.78, 5) is 27.7. The Balaban J connectivity index is 0.000000571. The van der Waals surface area contributed by atoms with Crippen molar-refractivity contribution in [3.63, 3.8) is 0 Å². The molecule has 0 radical (unpaired) electrons. The van der Waals surface area contributed by atoms with Gasteiger partial charge in [0, 0.05) is 7.05 Å². The molecule has 1 aromatic rings. The van der Waals surface area contributed by atoms with Crippen molar-refractivity contribution in [2.45, 2.75) is 78.1 Å². The Hall–Kier alpha value is -1.40. The topological polar surface area (TPSA) is 105 Å². The number of rotatable bonds is 13. The number of aryl methyl sites for hydroxylation is 1. The molecular weight excluding hydrogens is 393 g/mol. The Bertz CT molecular complexity index is 590. The Morgan fingerprint density at radius 3 is 2.03 bits per heavy atom. The molecule has 0 aliphatic rings. The standard InChI is InChI=1S/C12H27O4P.C9H11NO2/c1-2-3-4-5-6-7-8-9-10-11-12-16-17(13,14)15;1-7-4-3-5-8(6-7)12-9(11)10-2/h2-12H2,1H3,(H2,13,14,15);3-6H,1-2H3,(H,10,11). The van der Waals surface area contributed by atoms with E-state index in [1.54, 1.807) is 12.1 Å². The fourth-order valence-corrected chi connectivity index (χ4v) is 2.98. The van der Waals surface area contributed by atoms with Gasteiger partial charge in [0.15, 0.2) is 0 Å². The summed E-state index contributed by atoms with van der Waals surface area (Å²) in [6, 6.07) is 7.32. The fourth-order valence-electron chi connectivity index (χ4n) is 2.61. The van der Waals surface area contributed by atoms with Crippen LogP contribution in [0.25, 0.3) is 0 Å². The van der Waals surface area contributed by atoms with Crippen LogP contribution in [0.2, 0.25) is 0 Å². The van der Waals surface area contributed by atoms with E-state index in [0.29, 0.717) is 5.75 Å². The summed E-state index contributed by atoms with van der Waals surface area (Å²) in [7, 11) is -2.72. The fraction of sp³-hybridized carbons (Fsp3) is 0.667. The van der Waals surface area contributed by atoms with Gasteiger partial charge in [-0.2, -0.15) is 0 Å². The molecule has 0 saturated carbocycles. The third-order valence-electron chi connectivity index (χ3n) is 4.16. The van der Waals surface area contributed by atoms with Gasteiger partial charge in [0.25, 0.3) is 0 Å². The van der Waals surface area contributed by atoms with Gasteiger partial charge in [-0.15, -0.1) is 0 Å². The van der Waals surface area contributed by atoms with Gasteiger partial charge in [0.1, 0.15) is 5.75 Å². The molecule has 1 aromatic carbocycles. The minimum Gasteiger partial charge on any atom is -0.410 e. The van der Waals surface area contributed by atoms with Crippen LogP contribution in [0.5, 0.6) is 5.75 Å². The summed E-state index contributed by atoms with van der Waals surface area (Å²) in [5.74, 6) is 0.564. The number of benzene rings is 1. The van der Waals surface area contributed by atoms with Crippen LogP contribution in [0, 0.1) is 6.92 Å². The lowest BCUT2D eigenvalue weighted by molar-refractivity contribution is 0.193. The van der Waals surface area contributed by atoms with E-state index in [1.807, 2.05) is 19.1 Å². The molecule has 1 rings (SSSR count). The second-order valence-electron chi connectivity index (χ2n) is 6.96. The third-order valence-corrected chi connectivity index (χ3v) is 4.68. The normalized spacial score (nSPS) is 10.8. The maximum absolute atomic E-state index is 10.8. The average Bonchev–Trinajstić information content (AvgIpc) is 2.65. The zero-order valence-electron chi connectivity index (χ0n) is 18.1. The van der Waals surface area contributed by atoms with E-state index in [1.165, 1.54) is 52.0 Å². The van der Waals surface area contributed by atoms with E-state index in [4.69, 9.17) is 14.5 Å². The van der Waals surface area contributed by atoms with Gasteiger partial charge in [-0.1, -0.05) is 76.8 Å². The summed E-state index contributed by atoms with van der Waals surface area (Å²) in [5, 5.41) is 2.37. The number of carbonyl (C=O) groups excluding carboxylic acids is 1. The zero-order chi connectivity index (χ0) is 22.0. The van der Waals surface area contributed by atoms with Crippen molar-refractivity contribution in [1.82, 2.24) is 5.32 Å². The van der Waals surface area contributed by atoms with Crippen LogP contribution in [0.3, 0.4) is 0 Å². The van der Waals surface area contributed by atoms with E-state index in [0.717, 1.165) is 24.8 Å². The molecule has 0 fully saturated rings.